The Morgan fingerprint density at radius 1 is 1.53 bits per heavy atom. The van der Waals surface area contributed by atoms with E-state index in [0.29, 0.717) is 5.16 Å². The molecule has 0 saturated carbocycles. The third kappa shape index (κ3) is 3.17. The fraction of sp³-hybridized carbons (Fsp3) is 0.417. The van der Waals surface area contributed by atoms with Crippen LogP contribution in [0.15, 0.2) is 33.2 Å². The largest absolute Gasteiger partial charge is 0.370 e. The molecule has 0 fully saturated rings. The van der Waals surface area contributed by atoms with Crippen LogP contribution in [0.4, 0.5) is 5.82 Å². The van der Waals surface area contributed by atoms with Gasteiger partial charge in [-0.3, -0.25) is 4.57 Å². The van der Waals surface area contributed by atoms with E-state index >= 15 is 0 Å². The average Bonchev–Trinajstić information content (AvgIpc) is 2.71. The van der Waals surface area contributed by atoms with E-state index < -0.39 is 0 Å². The zero-order valence-corrected chi connectivity index (χ0v) is 12.0. The molecule has 0 aromatic carbocycles. The molecular weight excluding hydrogens is 262 g/mol. The number of pyridine rings is 1. The summed E-state index contributed by atoms with van der Waals surface area (Å²) in [6.07, 6.45) is 1.74. The first-order valence-electron chi connectivity index (χ1n) is 6.16. The molecule has 0 saturated heterocycles. The second-order valence-electron chi connectivity index (χ2n) is 4.28. The Morgan fingerprint density at radius 3 is 3.00 bits per heavy atom. The number of hydrogen-bond donors (Lipinski definition) is 2. The first kappa shape index (κ1) is 13.7. The van der Waals surface area contributed by atoms with E-state index in [1.165, 1.54) is 11.8 Å². The summed E-state index contributed by atoms with van der Waals surface area (Å²) in [7, 11) is 0. The maximum atomic E-state index is 11.6. The average molecular weight is 279 g/mol. The van der Waals surface area contributed by atoms with Gasteiger partial charge in [0, 0.05) is 23.7 Å². The molecule has 2 aromatic heterocycles. The third-order valence-electron chi connectivity index (χ3n) is 2.49. The van der Waals surface area contributed by atoms with Crippen molar-refractivity contribution in [2.24, 2.45) is 0 Å². The van der Waals surface area contributed by atoms with Crippen LogP contribution in [0.3, 0.4) is 0 Å². The van der Waals surface area contributed by atoms with Gasteiger partial charge in [0.15, 0.2) is 5.16 Å². The molecule has 6 nitrogen and oxygen atoms in total. The van der Waals surface area contributed by atoms with Crippen LogP contribution < -0.4 is 11.0 Å². The predicted octanol–water partition coefficient (Wildman–Crippen LogP) is 2.13. The molecule has 2 aromatic rings. The van der Waals surface area contributed by atoms with Gasteiger partial charge in [-0.2, -0.15) is 0 Å². The van der Waals surface area contributed by atoms with Gasteiger partial charge in [0.1, 0.15) is 5.82 Å². The molecule has 0 amide bonds. The lowest BCUT2D eigenvalue weighted by molar-refractivity contribution is 0.534. The summed E-state index contributed by atoms with van der Waals surface area (Å²) in [6.45, 7) is 6.75. The van der Waals surface area contributed by atoms with E-state index in [1.807, 2.05) is 32.9 Å². The Labute approximate surface area is 115 Å². The van der Waals surface area contributed by atoms with Gasteiger partial charge in [-0.1, -0.05) is 0 Å². The summed E-state index contributed by atoms with van der Waals surface area (Å²) >= 11 is 1.44. The molecule has 0 aliphatic rings. The molecule has 0 unspecified atom stereocenters. The Bertz CT molecular complexity index is 604. The second kappa shape index (κ2) is 5.92. The van der Waals surface area contributed by atoms with E-state index in [2.05, 4.69) is 20.5 Å². The SMILES string of the molecule is CCNc1cc(Sc2n[nH]c(=O)n2C(C)C)ccn1. The van der Waals surface area contributed by atoms with Gasteiger partial charge >= 0.3 is 5.69 Å². The number of aromatic nitrogens is 4. The monoisotopic (exact) mass is 279 g/mol. The van der Waals surface area contributed by atoms with E-state index in [9.17, 15) is 4.79 Å². The van der Waals surface area contributed by atoms with Gasteiger partial charge in [-0.25, -0.2) is 14.9 Å². The summed E-state index contributed by atoms with van der Waals surface area (Å²) in [6, 6.07) is 3.91. The van der Waals surface area contributed by atoms with Gasteiger partial charge in [-0.05, 0) is 44.7 Å². The quantitative estimate of drug-likeness (QED) is 0.877. The maximum Gasteiger partial charge on any atom is 0.344 e. The Kier molecular flexibility index (Phi) is 4.26. The summed E-state index contributed by atoms with van der Waals surface area (Å²) in [4.78, 5) is 16.9. The summed E-state index contributed by atoms with van der Waals surface area (Å²) in [5.74, 6) is 0.821. The molecule has 2 heterocycles. The number of H-pyrrole nitrogens is 1. The first-order valence-corrected chi connectivity index (χ1v) is 6.98. The fourth-order valence-corrected chi connectivity index (χ4v) is 2.67. The highest BCUT2D eigenvalue weighted by atomic mass is 32.2. The van der Waals surface area contributed by atoms with Crippen LogP contribution in [0, 0.1) is 0 Å². The van der Waals surface area contributed by atoms with Crippen LogP contribution in [-0.2, 0) is 0 Å². The van der Waals surface area contributed by atoms with Crippen molar-refractivity contribution in [1.29, 1.82) is 0 Å². The molecule has 0 atom stereocenters. The number of aromatic amines is 1. The normalized spacial score (nSPS) is 10.9. The van der Waals surface area contributed by atoms with Gasteiger partial charge in [0.2, 0.25) is 0 Å². The minimum absolute atomic E-state index is 0.0730. The lowest BCUT2D eigenvalue weighted by Crippen LogP contribution is -2.19. The first-order chi connectivity index (χ1) is 9.11. The summed E-state index contributed by atoms with van der Waals surface area (Å²) in [5, 5.41) is 10.4. The molecular formula is C12H17N5OS. The van der Waals surface area contributed by atoms with E-state index in [4.69, 9.17) is 0 Å². The van der Waals surface area contributed by atoms with Gasteiger partial charge in [-0.15, -0.1) is 5.10 Å². The molecule has 0 radical (unpaired) electrons. The number of anilines is 1. The Morgan fingerprint density at radius 2 is 2.32 bits per heavy atom. The molecule has 0 bridgehead atoms. The lowest BCUT2D eigenvalue weighted by Gasteiger charge is -2.09. The molecule has 7 heteroatoms. The maximum absolute atomic E-state index is 11.6. The van der Waals surface area contributed by atoms with Crippen LogP contribution in [0.25, 0.3) is 0 Å². The predicted molar refractivity (Wildman–Crippen MR) is 75.8 cm³/mol. The molecule has 2 rings (SSSR count). The minimum atomic E-state index is -0.182. The number of nitrogens with zero attached hydrogens (tertiary/aromatic N) is 3. The van der Waals surface area contributed by atoms with Crippen molar-refractivity contribution in [2.75, 3.05) is 11.9 Å². The van der Waals surface area contributed by atoms with Crippen molar-refractivity contribution in [3.8, 4) is 0 Å². The number of hydrogen-bond acceptors (Lipinski definition) is 5. The topological polar surface area (TPSA) is 75.6 Å². The molecule has 19 heavy (non-hydrogen) atoms. The van der Waals surface area contributed by atoms with Gasteiger partial charge in [0.25, 0.3) is 0 Å². The van der Waals surface area contributed by atoms with Crippen LogP contribution in [-0.4, -0.2) is 26.3 Å². The van der Waals surface area contributed by atoms with Crippen molar-refractivity contribution in [1.82, 2.24) is 19.7 Å². The van der Waals surface area contributed by atoms with Crippen molar-refractivity contribution >= 4 is 17.6 Å². The summed E-state index contributed by atoms with van der Waals surface area (Å²) < 4.78 is 1.64. The smallest absolute Gasteiger partial charge is 0.344 e. The van der Waals surface area contributed by atoms with Crippen molar-refractivity contribution in [2.45, 2.75) is 36.9 Å². The molecule has 2 N–H and O–H groups in total. The Hall–Kier alpha value is -1.76. The standard InChI is InChI=1S/C12H17N5OS/c1-4-13-10-7-9(5-6-14-10)19-12-16-15-11(18)17(12)8(2)3/h5-8H,4H2,1-3H3,(H,13,14)(H,15,18). The zero-order chi connectivity index (χ0) is 13.8. The van der Waals surface area contributed by atoms with Crippen molar-refractivity contribution in [3.63, 3.8) is 0 Å². The summed E-state index contributed by atoms with van der Waals surface area (Å²) in [5.41, 5.74) is -0.182. The van der Waals surface area contributed by atoms with E-state index in [1.54, 1.807) is 10.8 Å². The molecule has 0 aliphatic carbocycles. The highest BCUT2D eigenvalue weighted by Crippen LogP contribution is 2.27. The lowest BCUT2D eigenvalue weighted by atomic mass is 10.4. The van der Waals surface area contributed by atoms with Gasteiger partial charge < -0.3 is 5.32 Å². The third-order valence-corrected chi connectivity index (χ3v) is 3.45. The van der Waals surface area contributed by atoms with Crippen molar-refractivity contribution < 1.29 is 0 Å². The number of rotatable bonds is 5. The van der Waals surface area contributed by atoms with Crippen LogP contribution in [0.5, 0.6) is 0 Å². The van der Waals surface area contributed by atoms with Crippen molar-refractivity contribution in [3.05, 3.63) is 28.8 Å². The van der Waals surface area contributed by atoms with Crippen LogP contribution in [0.1, 0.15) is 26.8 Å². The highest BCUT2D eigenvalue weighted by Gasteiger charge is 2.12. The zero-order valence-electron chi connectivity index (χ0n) is 11.2. The Balaban J connectivity index is 2.26. The molecule has 102 valence electrons. The van der Waals surface area contributed by atoms with Crippen LogP contribution in [0.2, 0.25) is 0 Å². The molecule has 0 aliphatic heterocycles. The second-order valence-corrected chi connectivity index (χ2v) is 5.32. The minimum Gasteiger partial charge on any atom is -0.370 e. The van der Waals surface area contributed by atoms with Crippen LogP contribution >= 0.6 is 11.8 Å². The van der Waals surface area contributed by atoms with Gasteiger partial charge in [0.05, 0.1) is 0 Å². The van der Waals surface area contributed by atoms with E-state index in [0.717, 1.165) is 17.3 Å². The van der Waals surface area contributed by atoms with E-state index in [-0.39, 0.29) is 11.7 Å². The molecule has 0 spiro atoms. The number of nitrogens with one attached hydrogen (secondary N) is 2. The highest BCUT2D eigenvalue weighted by molar-refractivity contribution is 7.99. The fourth-order valence-electron chi connectivity index (χ4n) is 1.68.